The number of allylic oxidation sites excluding steroid dienone is 1. The van der Waals surface area contributed by atoms with E-state index in [4.69, 9.17) is 0 Å². The molecule has 70 valence electrons. The molecular weight excluding hydrogens is 292 g/mol. The molecule has 1 aromatic carbocycles. The minimum atomic E-state index is 0.0591. The van der Waals surface area contributed by atoms with Crippen LogP contribution in [0.2, 0.25) is 0 Å². The molecule has 0 aliphatic rings. The Bertz CT molecular complexity index is 295. The largest absolute Gasteiger partial charge is 0.0622 e. The Hall–Kier alpha value is -0.0800. The van der Waals surface area contributed by atoms with Crippen molar-refractivity contribution in [3.8, 4) is 0 Å². The number of rotatable bonds is 2. The van der Waals surface area contributed by atoms with Crippen molar-refractivity contribution in [3.05, 3.63) is 45.4 Å². The van der Waals surface area contributed by atoms with E-state index < -0.39 is 0 Å². The van der Waals surface area contributed by atoms with Crippen LogP contribution in [0.15, 0.2) is 39.8 Å². The monoisotopic (exact) mass is 302 g/mol. The molecule has 0 unspecified atom stereocenters. The van der Waals surface area contributed by atoms with Crippen molar-refractivity contribution in [1.82, 2.24) is 0 Å². The van der Waals surface area contributed by atoms with Crippen molar-refractivity contribution in [3.63, 3.8) is 0 Å². The van der Waals surface area contributed by atoms with Gasteiger partial charge in [-0.15, -0.1) is 0 Å². The van der Waals surface area contributed by atoms with Gasteiger partial charge in [0.25, 0.3) is 0 Å². The SMILES string of the molecule is CC(C)(C=C(Br)Br)c1ccccc1. The summed E-state index contributed by atoms with van der Waals surface area (Å²) in [6, 6.07) is 10.4. The Labute approximate surface area is 96.3 Å². The van der Waals surface area contributed by atoms with Crippen molar-refractivity contribution >= 4 is 31.9 Å². The summed E-state index contributed by atoms with van der Waals surface area (Å²) in [6.07, 6.45) is 2.14. The zero-order valence-electron chi connectivity index (χ0n) is 7.72. The van der Waals surface area contributed by atoms with Crippen molar-refractivity contribution in [2.45, 2.75) is 19.3 Å². The first kappa shape index (κ1) is 11.0. The molecule has 0 radical (unpaired) electrons. The normalized spacial score (nSPS) is 11.1. The van der Waals surface area contributed by atoms with Crippen molar-refractivity contribution < 1.29 is 0 Å². The Morgan fingerprint density at radius 1 is 1.15 bits per heavy atom. The summed E-state index contributed by atoms with van der Waals surface area (Å²) in [5.41, 5.74) is 1.37. The van der Waals surface area contributed by atoms with Crippen LogP contribution >= 0.6 is 31.9 Å². The van der Waals surface area contributed by atoms with Crippen LogP contribution in [0, 0.1) is 0 Å². The highest BCUT2D eigenvalue weighted by Gasteiger charge is 2.16. The fourth-order valence-corrected chi connectivity index (χ4v) is 2.37. The highest BCUT2D eigenvalue weighted by Crippen LogP contribution is 2.29. The average molecular weight is 304 g/mol. The fraction of sp³-hybridized carbons (Fsp3) is 0.273. The second-order valence-corrected chi connectivity index (χ2v) is 6.29. The van der Waals surface area contributed by atoms with Crippen LogP contribution < -0.4 is 0 Å². The predicted octanol–water partition coefficient (Wildman–Crippen LogP) is 4.60. The van der Waals surface area contributed by atoms with E-state index in [0.717, 1.165) is 3.39 Å². The topological polar surface area (TPSA) is 0 Å². The molecule has 0 N–H and O–H groups in total. The summed E-state index contributed by atoms with van der Waals surface area (Å²) in [5.74, 6) is 0. The van der Waals surface area contributed by atoms with Gasteiger partial charge >= 0.3 is 0 Å². The van der Waals surface area contributed by atoms with E-state index >= 15 is 0 Å². The summed E-state index contributed by atoms with van der Waals surface area (Å²) >= 11 is 6.77. The van der Waals surface area contributed by atoms with Gasteiger partial charge in [0.2, 0.25) is 0 Å². The molecule has 0 aliphatic carbocycles. The highest BCUT2D eigenvalue weighted by molar-refractivity contribution is 9.28. The van der Waals surface area contributed by atoms with E-state index in [0.29, 0.717) is 0 Å². The van der Waals surface area contributed by atoms with Gasteiger partial charge in [-0.05, 0) is 37.4 Å². The molecule has 0 heterocycles. The third-order valence-electron chi connectivity index (χ3n) is 1.99. The number of benzene rings is 1. The third kappa shape index (κ3) is 3.28. The van der Waals surface area contributed by atoms with Crippen molar-refractivity contribution in [2.24, 2.45) is 0 Å². The number of halogens is 2. The molecule has 0 saturated carbocycles. The maximum Gasteiger partial charge on any atom is 0.0573 e. The van der Waals surface area contributed by atoms with Gasteiger partial charge in [0.15, 0.2) is 0 Å². The molecule has 1 aromatic rings. The summed E-state index contributed by atoms with van der Waals surface area (Å²) < 4.78 is 0.994. The second kappa shape index (κ2) is 4.43. The lowest BCUT2D eigenvalue weighted by Crippen LogP contribution is -2.13. The second-order valence-electron chi connectivity index (χ2n) is 3.52. The minimum absolute atomic E-state index is 0.0591. The van der Waals surface area contributed by atoms with Gasteiger partial charge in [-0.3, -0.25) is 0 Å². The molecule has 0 aliphatic heterocycles. The Morgan fingerprint density at radius 3 is 2.15 bits per heavy atom. The molecule has 0 amide bonds. The van der Waals surface area contributed by atoms with Crippen LogP contribution in [0.3, 0.4) is 0 Å². The van der Waals surface area contributed by atoms with Crippen LogP contribution in [0.25, 0.3) is 0 Å². The highest BCUT2D eigenvalue weighted by atomic mass is 79.9. The quantitative estimate of drug-likeness (QED) is 0.749. The maximum absolute atomic E-state index is 3.39. The van der Waals surface area contributed by atoms with Gasteiger partial charge in [-0.1, -0.05) is 50.3 Å². The Kier molecular flexibility index (Phi) is 3.74. The molecule has 0 atom stereocenters. The third-order valence-corrected chi connectivity index (χ3v) is 2.45. The van der Waals surface area contributed by atoms with Crippen LogP contribution in [0.4, 0.5) is 0 Å². The first-order valence-corrected chi connectivity index (χ1v) is 5.70. The van der Waals surface area contributed by atoms with Crippen molar-refractivity contribution in [1.29, 1.82) is 0 Å². The van der Waals surface area contributed by atoms with E-state index in [1.807, 2.05) is 6.07 Å². The van der Waals surface area contributed by atoms with Crippen LogP contribution in [-0.4, -0.2) is 0 Å². The van der Waals surface area contributed by atoms with Gasteiger partial charge in [0, 0.05) is 5.41 Å². The van der Waals surface area contributed by atoms with E-state index in [1.165, 1.54) is 5.56 Å². The van der Waals surface area contributed by atoms with Crippen molar-refractivity contribution in [2.75, 3.05) is 0 Å². The smallest absolute Gasteiger partial charge is 0.0573 e. The van der Waals surface area contributed by atoms with Crippen LogP contribution in [0.5, 0.6) is 0 Å². The van der Waals surface area contributed by atoms with Gasteiger partial charge in [-0.25, -0.2) is 0 Å². The van der Waals surface area contributed by atoms with E-state index in [1.54, 1.807) is 0 Å². The number of hydrogen-bond donors (Lipinski definition) is 0. The molecule has 13 heavy (non-hydrogen) atoms. The Balaban J connectivity index is 3.01. The van der Waals surface area contributed by atoms with E-state index in [2.05, 4.69) is 76.0 Å². The summed E-state index contributed by atoms with van der Waals surface area (Å²) in [4.78, 5) is 0. The lowest BCUT2D eigenvalue weighted by molar-refractivity contribution is 0.671. The molecule has 2 heteroatoms. The number of hydrogen-bond acceptors (Lipinski definition) is 0. The minimum Gasteiger partial charge on any atom is -0.0622 e. The standard InChI is InChI=1S/C11H12Br2/c1-11(2,8-10(12)13)9-6-4-3-5-7-9/h3-8H,1-2H3. The van der Waals surface area contributed by atoms with Crippen LogP contribution in [-0.2, 0) is 5.41 Å². The maximum atomic E-state index is 3.39. The van der Waals surface area contributed by atoms with Gasteiger partial charge in [0.1, 0.15) is 0 Å². The predicted molar refractivity (Wildman–Crippen MR) is 65.4 cm³/mol. The molecule has 0 fully saturated rings. The lowest BCUT2D eigenvalue weighted by atomic mass is 9.85. The van der Waals surface area contributed by atoms with Gasteiger partial charge in [-0.2, -0.15) is 0 Å². The van der Waals surface area contributed by atoms with Crippen LogP contribution in [0.1, 0.15) is 19.4 Å². The molecular formula is C11H12Br2. The molecule has 0 nitrogen and oxygen atoms in total. The van der Waals surface area contributed by atoms with Gasteiger partial charge in [0.05, 0.1) is 3.39 Å². The molecule has 0 saturated heterocycles. The van der Waals surface area contributed by atoms with Gasteiger partial charge < -0.3 is 0 Å². The molecule has 1 rings (SSSR count). The van der Waals surface area contributed by atoms with E-state index in [9.17, 15) is 0 Å². The first-order valence-electron chi connectivity index (χ1n) is 4.12. The fourth-order valence-electron chi connectivity index (χ4n) is 1.22. The molecule has 0 spiro atoms. The molecule has 0 aromatic heterocycles. The lowest BCUT2D eigenvalue weighted by Gasteiger charge is -2.20. The Morgan fingerprint density at radius 2 is 1.69 bits per heavy atom. The zero-order chi connectivity index (χ0) is 9.90. The summed E-state index contributed by atoms with van der Waals surface area (Å²) in [7, 11) is 0. The van der Waals surface area contributed by atoms with E-state index in [-0.39, 0.29) is 5.41 Å². The average Bonchev–Trinajstić information content (AvgIpc) is 2.04. The molecule has 0 bridgehead atoms. The summed E-state index contributed by atoms with van der Waals surface area (Å²) in [5, 5.41) is 0. The zero-order valence-corrected chi connectivity index (χ0v) is 10.9. The first-order chi connectivity index (χ1) is 6.02. The summed E-state index contributed by atoms with van der Waals surface area (Å²) in [6.45, 7) is 4.37.